The second kappa shape index (κ2) is 10.8. The van der Waals surface area contributed by atoms with E-state index in [9.17, 15) is 14.0 Å². The summed E-state index contributed by atoms with van der Waals surface area (Å²) in [5, 5.41) is 2.74. The zero-order valence-electron chi connectivity index (χ0n) is 17.6. The number of benzene rings is 3. The predicted octanol–water partition coefficient (Wildman–Crippen LogP) is 5.67. The molecule has 0 saturated heterocycles. The molecule has 0 aromatic heterocycles. The van der Waals surface area contributed by atoms with Crippen LogP contribution in [0.5, 0.6) is 0 Å². The van der Waals surface area contributed by atoms with Crippen molar-refractivity contribution in [3.05, 3.63) is 95.3 Å². The molecule has 0 saturated carbocycles. The number of carbonyl (C=O) groups excluding carboxylic acids is 2. The van der Waals surface area contributed by atoms with Crippen molar-refractivity contribution in [3.63, 3.8) is 0 Å². The van der Waals surface area contributed by atoms with Gasteiger partial charge in [0.2, 0.25) is 5.91 Å². The molecule has 6 heteroatoms. The van der Waals surface area contributed by atoms with Gasteiger partial charge in [-0.3, -0.25) is 9.59 Å². The van der Waals surface area contributed by atoms with Gasteiger partial charge >= 0.3 is 0 Å². The van der Waals surface area contributed by atoms with Crippen LogP contribution in [0.15, 0.2) is 72.8 Å². The maximum absolute atomic E-state index is 12.9. The highest BCUT2D eigenvalue weighted by atomic mass is 32.2. The zero-order chi connectivity index (χ0) is 22.2. The number of amides is 2. The Morgan fingerprint density at radius 2 is 1.71 bits per heavy atom. The molecule has 3 aromatic carbocycles. The van der Waals surface area contributed by atoms with E-state index in [0.29, 0.717) is 23.5 Å². The Balaban J connectivity index is 1.53. The van der Waals surface area contributed by atoms with E-state index in [1.54, 1.807) is 4.90 Å². The summed E-state index contributed by atoms with van der Waals surface area (Å²) in [7, 11) is 0. The van der Waals surface area contributed by atoms with Crippen LogP contribution < -0.4 is 10.2 Å². The molecule has 160 valence electrons. The van der Waals surface area contributed by atoms with Crippen LogP contribution in [-0.4, -0.2) is 24.1 Å². The average molecular weight is 437 g/mol. The monoisotopic (exact) mass is 436 g/mol. The number of nitrogens with zero attached hydrogens (tertiary/aromatic N) is 1. The van der Waals surface area contributed by atoms with E-state index in [-0.39, 0.29) is 23.4 Å². The number of aryl methyl sites for hydroxylation is 1. The number of hydrogen-bond acceptors (Lipinski definition) is 3. The first-order chi connectivity index (χ1) is 15.0. The fourth-order valence-corrected chi connectivity index (χ4v) is 3.92. The molecule has 0 atom stereocenters. The first kappa shape index (κ1) is 22.6. The molecule has 0 aliphatic carbocycles. The van der Waals surface area contributed by atoms with Gasteiger partial charge in [0.1, 0.15) is 5.82 Å². The molecular formula is C25H25FN2O2S. The Hall–Kier alpha value is -3.12. The maximum atomic E-state index is 12.9. The summed E-state index contributed by atoms with van der Waals surface area (Å²) < 4.78 is 12.9. The quantitative estimate of drug-likeness (QED) is 0.495. The largest absolute Gasteiger partial charge is 0.325 e. The fourth-order valence-electron chi connectivity index (χ4n) is 3.13. The summed E-state index contributed by atoms with van der Waals surface area (Å²) in [6.45, 7) is 4.56. The van der Waals surface area contributed by atoms with Gasteiger partial charge in [0.15, 0.2) is 0 Å². The SMILES string of the molecule is CCN(C(=O)c1ccc(CSCC(=O)Nc2ccc(F)cc2)cc1)c1cccc(C)c1. The van der Waals surface area contributed by atoms with Crippen molar-refractivity contribution >= 4 is 35.0 Å². The third-order valence-corrected chi connectivity index (χ3v) is 5.71. The van der Waals surface area contributed by atoms with Crippen molar-refractivity contribution in [1.29, 1.82) is 0 Å². The van der Waals surface area contributed by atoms with Gasteiger partial charge < -0.3 is 10.2 Å². The van der Waals surface area contributed by atoms with Gasteiger partial charge in [-0.1, -0.05) is 24.3 Å². The standard InChI is InChI=1S/C25H25FN2O2S/c1-3-28(23-6-4-5-18(2)15-23)25(30)20-9-7-19(8-10-20)16-31-17-24(29)27-22-13-11-21(26)12-14-22/h4-15H,3,16-17H2,1-2H3,(H,27,29). The van der Waals surface area contributed by atoms with Gasteiger partial charge in [0, 0.05) is 29.2 Å². The van der Waals surface area contributed by atoms with E-state index in [0.717, 1.165) is 16.8 Å². The van der Waals surface area contributed by atoms with Gasteiger partial charge in [0.05, 0.1) is 5.75 Å². The summed E-state index contributed by atoms with van der Waals surface area (Å²) in [5.41, 5.74) is 4.24. The third kappa shape index (κ3) is 6.43. The number of halogens is 1. The number of thioether (sulfide) groups is 1. The minimum Gasteiger partial charge on any atom is -0.325 e. The van der Waals surface area contributed by atoms with E-state index in [1.807, 2.05) is 62.4 Å². The lowest BCUT2D eigenvalue weighted by molar-refractivity contribution is -0.113. The predicted molar refractivity (Wildman–Crippen MR) is 126 cm³/mol. The van der Waals surface area contributed by atoms with Crippen LogP contribution in [0.3, 0.4) is 0 Å². The Morgan fingerprint density at radius 3 is 2.35 bits per heavy atom. The summed E-state index contributed by atoms with van der Waals surface area (Å²) in [5.74, 6) is 0.428. The summed E-state index contributed by atoms with van der Waals surface area (Å²) in [6.07, 6.45) is 0. The number of hydrogen-bond donors (Lipinski definition) is 1. The van der Waals surface area contributed by atoms with E-state index < -0.39 is 0 Å². The maximum Gasteiger partial charge on any atom is 0.258 e. The van der Waals surface area contributed by atoms with Crippen LogP contribution in [0.4, 0.5) is 15.8 Å². The van der Waals surface area contributed by atoms with Gasteiger partial charge in [-0.15, -0.1) is 11.8 Å². The number of rotatable bonds is 8. The highest BCUT2D eigenvalue weighted by Crippen LogP contribution is 2.20. The van der Waals surface area contributed by atoms with Crippen molar-refractivity contribution in [2.45, 2.75) is 19.6 Å². The Labute approximate surface area is 186 Å². The Morgan fingerprint density at radius 1 is 1.00 bits per heavy atom. The van der Waals surface area contributed by atoms with Crippen LogP contribution in [0.1, 0.15) is 28.4 Å². The second-order valence-corrected chi connectivity index (χ2v) is 8.12. The number of anilines is 2. The number of carbonyl (C=O) groups is 2. The van der Waals surface area contributed by atoms with Crippen LogP contribution in [0.2, 0.25) is 0 Å². The first-order valence-electron chi connectivity index (χ1n) is 10.1. The fraction of sp³-hybridized carbons (Fsp3) is 0.200. The zero-order valence-corrected chi connectivity index (χ0v) is 18.4. The summed E-state index contributed by atoms with van der Waals surface area (Å²) in [6, 6.07) is 21.1. The highest BCUT2D eigenvalue weighted by molar-refractivity contribution is 7.99. The molecule has 0 bridgehead atoms. The second-order valence-electron chi connectivity index (χ2n) is 7.13. The molecule has 0 unspecified atom stereocenters. The molecule has 3 rings (SSSR count). The van der Waals surface area contributed by atoms with Crippen molar-refractivity contribution in [2.75, 3.05) is 22.5 Å². The molecule has 4 nitrogen and oxygen atoms in total. The average Bonchev–Trinajstić information content (AvgIpc) is 2.76. The molecule has 2 amide bonds. The molecule has 0 radical (unpaired) electrons. The van der Waals surface area contributed by atoms with Crippen molar-refractivity contribution in [3.8, 4) is 0 Å². The molecule has 0 aliphatic rings. The normalized spacial score (nSPS) is 10.5. The minimum absolute atomic E-state index is 0.0361. The number of nitrogens with one attached hydrogen (secondary N) is 1. The van der Waals surface area contributed by atoms with Crippen LogP contribution >= 0.6 is 11.8 Å². The molecule has 0 heterocycles. The minimum atomic E-state index is -0.338. The lowest BCUT2D eigenvalue weighted by atomic mass is 10.1. The smallest absolute Gasteiger partial charge is 0.258 e. The molecule has 0 fully saturated rings. The van der Waals surface area contributed by atoms with Crippen molar-refractivity contribution in [1.82, 2.24) is 0 Å². The van der Waals surface area contributed by atoms with Crippen molar-refractivity contribution in [2.24, 2.45) is 0 Å². The summed E-state index contributed by atoms with van der Waals surface area (Å²) in [4.78, 5) is 26.7. The topological polar surface area (TPSA) is 49.4 Å². The van der Waals surface area contributed by atoms with Crippen molar-refractivity contribution < 1.29 is 14.0 Å². The highest BCUT2D eigenvalue weighted by Gasteiger charge is 2.16. The van der Waals surface area contributed by atoms with Crippen LogP contribution in [-0.2, 0) is 10.5 Å². The van der Waals surface area contributed by atoms with E-state index in [1.165, 1.54) is 36.0 Å². The first-order valence-corrected chi connectivity index (χ1v) is 11.2. The summed E-state index contributed by atoms with van der Waals surface area (Å²) >= 11 is 1.48. The van der Waals surface area contributed by atoms with E-state index in [4.69, 9.17) is 0 Å². The lowest BCUT2D eigenvalue weighted by Crippen LogP contribution is -2.30. The molecule has 31 heavy (non-hydrogen) atoms. The van der Waals surface area contributed by atoms with Gasteiger partial charge in [-0.25, -0.2) is 4.39 Å². The Kier molecular flexibility index (Phi) is 7.84. The van der Waals surface area contributed by atoms with Gasteiger partial charge in [-0.05, 0) is 73.5 Å². The Bertz CT molecular complexity index is 1040. The van der Waals surface area contributed by atoms with E-state index in [2.05, 4.69) is 5.32 Å². The molecule has 1 N–H and O–H groups in total. The van der Waals surface area contributed by atoms with Crippen LogP contribution in [0.25, 0.3) is 0 Å². The molecular weight excluding hydrogens is 411 g/mol. The third-order valence-electron chi connectivity index (χ3n) is 4.71. The lowest BCUT2D eigenvalue weighted by Gasteiger charge is -2.21. The molecule has 3 aromatic rings. The molecule has 0 aliphatic heterocycles. The molecule has 0 spiro atoms. The van der Waals surface area contributed by atoms with Gasteiger partial charge in [-0.2, -0.15) is 0 Å². The van der Waals surface area contributed by atoms with E-state index >= 15 is 0 Å². The van der Waals surface area contributed by atoms with Gasteiger partial charge in [0.25, 0.3) is 5.91 Å². The van der Waals surface area contributed by atoms with Crippen LogP contribution in [0, 0.1) is 12.7 Å².